The third kappa shape index (κ3) is 2.80. The SMILES string of the molecule is COc1ccccc1CC(=CF)C(=O)O. The van der Waals surface area contributed by atoms with E-state index in [4.69, 9.17) is 9.84 Å². The Hall–Kier alpha value is -1.84. The van der Waals surface area contributed by atoms with Gasteiger partial charge in [-0.15, -0.1) is 0 Å². The number of ether oxygens (including phenoxy) is 1. The van der Waals surface area contributed by atoms with E-state index in [0.717, 1.165) is 0 Å². The first kappa shape index (κ1) is 11.2. The van der Waals surface area contributed by atoms with E-state index in [1.54, 1.807) is 24.3 Å². The number of methoxy groups -OCH3 is 1. The molecule has 1 aromatic rings. The summed E-state index contributed by atoms with van der Waals surface area (Å²) in [4.78, 5) is 10.6. The van der Waals surface area contributed by atoms with Crippen molar-refractivity contribution in [3.05, 3.63) is 41.7 Å². The van der Waals surface area contributed by atoms with Gasteiger partial charge in [0.2, 0.25) is 0 Å². The molecule has 15 heavy (non-hydrogen) atoms. The Morgan fingerprint density at radius 1 is 1.53 bits per heavy atom. The lowest BCUT2D eigenvalue weighted by Gasteiger charge is -2.07. The van der Waals surface area contributed by atoms with Crippen molar-refractivity contribution in [2.45, 2.75) is 6.42 Å². The fourth-order valence-corrected chi connectivity index (χ4v) is 1.22. The Balaban J connectivity index is 2.93. The highest BCUT2D eigenvalue weighted by Gasteiger charge is 2.11. The van der Waals surface area contributed by atoms with Crippen LogP contribution in [-0.2, 0) is 11.2 Å². The zero-order valence-electron chi connectivity index (χ0n) is 8.24. The van der Waals surface area contributed by atoms with Crippen molar-refractivity contribution < 1.29 is 19.0 Å². The van der Waals surface area contributed by atoms with Crippen molar-refractivity contribution in [1.82, 2.24) is 0 Å². The van der Waals surface area contributed by atoms with Crippen LogP contribution >= 0.6 is 0 Å². The summed E-state index contributed by atoms with van der Waals surface area (Å²) in [5.41, 5.74) is 0.353. The predicted octanol–water partition coefficient (Wildman–Crippen LogP) is 2.18. The number of halogens is 1. The number of hydrogen-bond donors (Lipinski definition) is 1. The molecule has 0 aliphatic carbocycles. The fourth-order valence-electron chi connectivity index (χ4n) is 1.22. The van der Waals surface area contributed by atoms with Crippen LogP contribution in [0, 0.1) is 0 Å². The third-order valence-electron chi connectivity index (χ3n) is 1.98. The Morgan fingerprint density at radius 3 is 2.73 bits per heavy atom. The largest absolute Gasteiger partial charge is 0.496 e. The van der Waals surface area contributed by atoms with Gasteiger partial charge >= 0.3 is 5.97 Å². The highest BCUT2D eigenvalue weighted by atomic mass is 19.1. The average molecular weight is 210 g/mol. The van der Waals surface area contributed by atoms with E-state index in [9.17, 15) is 9.18 Å². The first-order valence-electron chi connectivity index (χ1n) is 4.33. The van der Waals surface area contributed by atoms with Gasteiger partial charge < -0.3 is 9.84 Å². The molecule has 3 nitrogen and oxygen atoms in total. The maximum absolute atomic E-state index is 12.2. The van der Waals surface area contributed by atoms with Crippen molar-refractivity contribution in [2.75, 3.05) is 7.11 Å². The highest BCUT2D eigenvalue weighted by Crippen LogP contribution is 2.20. The number of hydrogen-bond acceptors (Lipinski definition) is 2. The molecule has 0 saturated heterocycles. The smallest absolute Gasteiger partial charge is 0.334 e. The number of benzene rings is 1. The summed E-state index contributed by atoms with van der Waals surface area (Å²) in [6, 6.07) is 6.91. The minimum Gasteiger partial charge on any atom is -0.496 e. The van der Waals surface area contributed by atoms with Crippen LogP contribution in [0.1, 0.15) is 5.56 Å². The molecule has 1 N–H and O–H groups in total. The molecule has 0 heterocycles. The molecule has 0 aliphatic heterocycles. The molecule has 4 heteroatoms. The van der Waals surface area contributed by atoms with Crippen LogP contribution in [0.15, 0.2) is 36.2 Å². The lowest BCUT2D eigenvalue weighted by atomic mass is 10.1. The topological polar surface area (TPSA) is 46.5 Å². The highest BCUT2D eigenvalue weighted by molar-refractivity contribution is 5.86. The fraction of sp³-hybridized carbons (Fsp3) is 0.182. The monoisotopic (exact) mass is 210 g/mol. The van der Waals surface area contributed by atoms with Gasteiger partial charge in [-0.25, -0.2) is 9.18 Å². The molecule has 80 valence electrons. The molecule has 1 rings (SSSR count). The minimum absolute atomic E-state index is 0.00977. The average Bonchev–Trinajstić information content (AvgIpc) is 2.25. The second kappa shape index (κ2) is 5.14. The van der Waals surface area contributed by atoms with Gasteiger partial charge in [0.05, 0.1) is 19.0 Å². The summed E-state index contributed by atoms with van der Waals surface area (Å²) in [5.74, 6) is -0.707. The molecule has 0 aromatic heterocycles. The molecular weight excluding hydrogens is 199 g/mol. The summed E-state index contributed by atoms with van der Waals surface area (Å²) in [7, 11) is 1.48. The normalized spacial score (nSPS) is 11.2. The van der Waals surface area contributed by atoms with E-state index in [1.165, 1.54) is 7.11 Å². The van der Waals surface area contributed by atoms with Crippen LogP contribution < -0.4 is 4.74 Å². The van der Waals surface area contributed by atoms with Crippen LogP contribution in [0.5, 0.6) is 5.75 Å². The summed E-state index contributed by atoms with van der Waals surface area (Å²) in [5, 5.41) is 8.65. The van der Waals surface area contributed by atoms with Crippen molar-refractivity contribution in [3.8, 4) is 5.75 Å². The zero-order valence-corrected chi connectivity index (χ0v) is 8.24. The molecule has 0 bridgehead atoms. The molecule has 0 spiro atoms. The number of aliphatic carboxylic acids is 1. The summed E-state index contributed by atoms with van der Waals surface area (Å²) in [6.07, 6.45) is 0.116. The van der Waals surface area contributed by atoms with Crippen LogP contribution in [0.3, 0.4) is 0 Å². The number of rotatable bonds is 4. The molecule has 0 atom stereocenters. The maximum atomic E-state index is 12.2. The predicted molar refractivity (Wildman–Crippen MR) is 53.5 cm³/mol. The van der Waals surface area contributed by atoms with Crippen LogP contribution in [0.25, 0.3) is 0 Å². The number of carboxylic acids is 1. The quantitative estimate of drug-likeness (QED) is 0.775. The maximum Gasteiger partial charge on any atom is 0.334 e. The molecule has 0 unspecified atom stereocenters. The standard InChI is InChI=1S/C11H11FO3/c1-15-10-5-3-2-4-8(10)6-9(7-12)11(13)14/h2-5,7H,6H2,1H3,(H,13,14). The Kier molecular flexibility index (Phi) is 3.85. The number of carbonyl (C=O) groups is 1. The molecule has 0 amide bonds. The van der Waals surface area contributed by atoms with E-state index < -0.39 is 5.97 Å². The molecular formula is C11H11FO3. The summed E-state index contributed by atoms with van der Waals surface area (Å²) in [6.45, 7) is 0. The number of para-hydroxylation sites is 1. The first-order valence-corrected chi connectivity index (χ1v) is 4.33. The molecule has 0 radical (unpaired) electrons. The summed E-state index contributed by atoms with van der Waals surface area (Å²) >= 11 is 0. The van der Waals surface area contributed by atoms with E-state index in [0.29, 0.717) is 11.3 Å². The molecule has 0 saturated carbocycles. The minimum atomic E-state index is -1.26. The van der Waals surface area contributed by atoms with Gasteiger partial charge in [-0.2, -0.15) is 0 Å². The lowest BCUT2D eigenvalue weighted by molar-refractivity contribution is -0.132. The Labute approximate surface area is 86.8 Å². The molecule has 0 aliphatic rings. The van der Waals surface area contributed by atoms with Gasteiger partial charge in [0.1, 0.15) is 5.75 Å². The van der Waals surface area contributed by atoms with Crippen molar-refractivity contribution in [2.24, 2.45) is 0 Å². The second-order valence-corrected chi connectivity index (χ2v) is 2.93. The molecule has 0 fully saturated rings. The van der Waals surface area contributed by atoms with Crippen molar-refractivity contribution >= 4 is 5.97 Å². The van der Waals surface area contributed by atoms with Gasteiger partial charge in [0.15, 0.2) is 0 Å². The van der Waals surface area contributed by atoms with Crippen LogP contribution in [0.2, 0.25) is 0 Å². The van der Waals surface area contributed by atoms with Gasteiger partial charge in [-0.05, 0) is 11.6 Å². The summed E-state index contributed by atoms with van der Waals surface area (Å²) < 4.78 is 17.3. The van der Waals surface area contributed by atoms with Gasteiger partial charge in [-0.1, -0.05) is 18.2 Å². The van der Waals surface area contributed by atoms with Crippen LogP contribution in [0.4, 0.5) is 4.39 Å². The van der Waals surface area contributed by atoms with Crippen molar-refractivity contribution in [3.63, 3.8) is 0 Å². The first-order chi connectivity index (χ1) is 7.19. The number of carboxylic acid groups (broad SMARTS) is 1. The van der Waals surface area contributed by atoms with Crippen molar-refractivity contribution in [1.29, 1.82) is 0 Å². The molecule has 1 aromatic carbocycles. The van der Waals surface area contributed by atoms with E-state index in [2.05, 4.69) is 0 Å². The van der Waals surface area contributed by atoms with Gasteiger partial charge in [0.25, 0.3) is 0 Å². The third-order valence-corrected chi connectivity index (χ3v) is 1.98. The van der Waals surface area contributed by atoms with E-state index in [1.807, 2.05) is 0 Å². The Morgan fingerprint density at radius 2 is 2.20 bits per heavy atom. The Bertz CT molecular complexity index is 385. The van der Waals surface area contributed by atoms with E-state index in [-0.39, 0.29) is 18.3 Å². The van der Waals surface area contributed by atoms with E-state index >= 15 is 0 Å². The van der Waals surface area contributed by atoms with Crippen LogP contribution in [-0.4, -0.2) is 18.2 Å². The second-order valence-electron chi connectivity index (χ2n) is 2.93. The lowest BCUT2D eigenvalue weighted by Crippen LogP contribution is -2.04. The van der Waals surface area contributed by atoms with Gasteiger partial charge in [0, 0.05) is 6.42 Å². The van der Waals surface area contributed by atoms with Gasteiger partial charge in [-0.3, -0.25) is 0 Å². The zero-order chi connectivity index (χ0) is 11.3.